The fourth-order valence-electron chi connectivity index (χ4n) is 2.91. The van der Waals surface area contributed by atoms with Gasteiger partial charge in [0, 0.05) is 11.5 Å². The maximum absolute atomic E-state index is 5.82. The molecule has 4 aromatic rings. The number of hydrogen-bond acceptors (Lipinski definition) is 7. The van der Waals surface area contributed by atoms with Gasteiger partial charge in [0.15, 0.2) is 10.7 Å². The van der Waals surface area contributed by atoms with E-state index in [1.54, 1.807) is 0 Å². The molecule has 0 amide bonds. The zero-order valence-corrected chi connectivity index (χ0v) is 15.9. The summed E-state index contributed by atoms with van der Waals surface area (Å²) in [6.07, 6.45) is 2.99. The van der Waals surface area contributed by atoms with Crippen molar-refractivity contribution in [2.75, 3.05) is 18.9 Å². The lowest BCUT2D eigenvalue weighted by Crippen LogP contribution is -2.00. The molecule has 0 bridgehead atoms. The van der Waals surface area contributed by atoms with Gasteiger partial charge in [0.1, 0.15) is 11.5 Å². The third-order valence-corrected chi connectivity index (χ3v) is 5.17. The van der Waals surface area contributed by atoms with Crippen LogP contribution in [0.1, 0.15) is 25.0 Å². The van der Waals surface area contributed by atoms with Crippen molar-refractivity contribution in [3.8, 4) is 11.5 Å². The van der Waals surface area contributed by atoms with Crippen LogP contribution >= 0.6 is 11.3 Å². The second-order valence-electron chi connectivity index (χ2n) is 6.37. The molecule has 0 aliphatic carbocycles. The normalized spacial score (nSPS) is 11.3. The Morgan fingerprint density at radius 1 is 1.00 bits per heavy atom. The van der Waals surface area contributed by atoms with Crippen molar-refractivity contribution in [1.29, 1.82) is 0 Å². The molecule has 2 aromatic heterocycles. The first-order chi connectivity index (χ1) is 13.2. The molecule has 27 heavy (non-hydrogen) atoms. The SMILES string of the molecule is Cc1noc2cc(OCCCCCOc3ccc4nc(N)sc4c3)ccc12. The van der Waals surface area contributed by atoms with Crippen molar-refractivity contribution in [3.05, 3.63) is 42.1 Å². The molecule has 0 aliphatic heterocycles. The molecule has 0 spiro atoms. The van der Waals surface area contributed by atoms with Gasteiger partial charge >= 0.3 is 0 Å². The minimum absolute atomic E-state index is 0.583. The van der Waals surface area contributed by atoms with E-state index in [0.29, 0.717) is 18.3 Å². The number of rotatable bonds is 8. The zero-order chi connectivity index (χ0) is 18.6. The fourth-order valence-corrected chi connectivity index (χ4v) is 3.67. The molecule has 0 unspecified atom stereocenters. The molecule has 0 radical (unpaired) electrons. The Kier molecular flexibility index (Phi) is 5.11. The third kappa shape index (κ3) is 4.14. The van der Waals surface area contributed by atoms with E-state index in [1.807, 2.05) is 43.3 Å². The monoisotopic (exact) mass is 383 g/mol. The summed E-state index contributed by atoms with van der Waals surface area (Å²) >= 11 is 1.48. The number of nitrogen functional groups attached to an aromatic ring is 1. The van der Waals surface area contributed by atoms with Crippen molar-refractivity contribution in [2.45, 2.75) is 26.2 Å². The summed E-state index contributed by atoms with van der Waals surface area (Å²) in [7, 11) is 0. The van der Waals surface area contributed by atoms with Crippen LogP contribution in [0.3, 0.4) is 0 Å². The fraction of sp³-hybridized carbons (Fsp3) is 0.300. The lowest BCUT2D eigenvalue weighted by Gasteiger charge is -2.07. The number of anilines is 1. The number of ether oxygens (including phenoxy) is 2. The quantitative estimate of drug-likeness (QED) is 0.433. The Bertz CT molecular complexity index is 1040. The van der Waals surface area contributed by atoms with Crippen molar-refractivity contribution in [3.63, 3.8) is 0 Å². The van der Waals surface area contributed by atoms with Gasteiger partial charge < -0.3 is 19.7 Å². The first kappa shape index (κ1) is 17.6. The second kappa shape index (κ2) is 7.84. The van der Waals surface area contributed by atoms with Gasteiger partial charge in [-0.15, -0.1) is 0 Å². The number of aryl methyl sites for hydroxylation is 1. The van der Waals surface area contributed by atoms with Gasteiger partial charge in [0.05, 0.1) is 29.1 Å². The molecule has 2 aromatic carbocycles. The molecule has 7 heteroatoms. The number of benzene rings is 2. The Morgan fingerprint density at radius 2 is 1.74 bits per heavy atom. The van der Waals surface area contributed by atoms with Crippen molar-refractivity contribution >= 4 is 37.7 Å². The van der Waals surface area contributed by atoms with Crippen LogP contribution in [0.2, 0.25) is 0 Å². The Hall–Kier alpha value is -2.80. The summed E-state index contributed by atoms with van der Waals surface area (Å²) in [6.45, 7) is 3.28. The molecular weight excluding hydrogens is 362 g/mol. The molecule has 6 nitrogen and oxygen atoms in total. The number of aromatic nitrogens is 2. The molecule has 2 heterocycles. The zero-order valence-electron chi connectivity index (χ0n) is 15.1. The predicted octanol–water partition coefficient (Wildman–Crippen LogP) is 4.96. The molecule has 140 valence electrons. The number of unbranched alkanes of at least 4 members (excludes halogenated alkanes) is 2. The molecule has 4 rings (SSSR count). The van der Waals surface area contributed by atoms with Crippen LogP contribution in [0.4, 0.5) is 5.13 Å². The smallest absolute Gasteiger partial charge is 0.181 e. The predicted molar refractivity (Wildman–Crippen MR) is 108 cm³/mol. The highest BCUT2D eigenvalue weighted by Gasteiger charge is 2.05. The summed E-state index contributed by atoms with van der Waals surface area (Å²) in [6, 6.07) is 11.7. The Morgan fingerprint density at radius 3 is 2.56 bits per heavy atom. The minimum atomic E-state index is 0.583. The lowest BCUT2D eigenvalue weighted by molar-refractivity contribution is 0.279. The highest BCUT2D eigenvalue weighted by atomic mass is 32.1. The highest BCUT2D eigenvalue weighted by molar-refractivity contribution is 7.22. The van der Waals surface area contributed by atoms with E-state index in [4.69, 9.17) is 19.7 Å². The van der Waals surface area contributed by atoms with Crippen molar-refractivity contribution < 1.29 is 14.0 Å². The molecule has 0 fully saturated rings. The van der Waals surface area contributed by atoms with E-state index in [9.17, 15) is 0 Å². The third-order valence-electron chi connectivity index (χ3n) is 4.33. The summed E-state index contributed by atoms with van der Waals surface area (Å²) in [5, 5.41) is 5.57. The second-order valence-corrected chi connectivity index (χ2v) is 7.43. The standard InChI is InChI=1S/C20H21N3O3S/c1-13-16-7-5-14(11-18(16)26-23-13)24-9-3-2-4-10-25-15-6-8-17-19(12-15)27-20(21)22-17/h5-8,11-12H,2-4,9-10H2,1H3,(H2,21,22). The van der Waals surface area contributed by atoms with Gasteiger partial charge in [0.2, 0.25) is 0 Å². The molecule has 0 saturated heterocycles. The highest BCUT2D eigenvalue weighted by Crippen LogP contribution is 2.27. The number of nitrogens with two attached hydrogens (primary N) is 1. The van der Waals surface area contributed by atoms with Crippen LogP contribution in [0.15, 0.2) is 40.9 Å². The molecule has 0 saturated carbocycles. The largest absolute Gasteiger partial charge is 0.494 e. The first-order valence-corrected chi connectivity index (χ1v) is 9.78. The van der Waals surface area contributed by atoms with Gasteiger partial charge in [-0.2, -0.15) is 0 Å². The van der Waals surface area contributed by atoms with E-state index < -0.39 is 0 Å². The lowest BCUT2D eigenvalue weighted by atomic mass is 10.2. The average molecular weight is 383 g/mol. The molecule has 0 aliphatic rings. The van der Waals surface area contributed by atoms with Crippen LogP contribution in [0.5, 0.6) is 11.5 Å². The van der Waals surface area contributed by atoms with E-state index in [2.05, 4.69) is 10.1 Å². The maximum atomic E-state index is 5.82. The first-order valence-electron chi connectivity index (χ1n) is 8.97. The minimum Gasteiger partial charge on any atom is -0.494 e. The van der Waals surface area contributed by atoms with Crippen LogP contribution < -0.4 is 15.2 Å². The average Bonchev–Trinajstić information content (AvgIpc) is 3.22. The Labute approximate surface area is 160 Å². The van der Waals surface area contributed by atoms with Gasteiger partial charge in [-0.05, 0) is 56.5 Å². The Balaban J connectivity index is 1.16. The number of hydrogen-bond donors (Lipinski definition) is 1. The van der Waals surface area contributed by atoms with Gasteiger partial charge in [0.25, 0.3) is 0 Å². The van der Waals surface area contributed by atoms with E-state index >= 15 is 0 Å². The van der Waals surface area contributed by atoms with E-state index in [-0.39, 0.29) is 0 Å². The number of nitrogens with zero attached hydrogens (tertiary/aromatic N) is 2. The van der Waals surface area contributed by atoms with E-state index in [0.717, 1.165) is 57.6 Å². The van der Waals surface area contributed by atoms with E-state index in [1.165, 1.54) is 11.3 Å². The summed E-state index contributed by atoms with van der Waals surface area (Å²) in [5.74, 6) is 1.67. The van der Waals surface area contributed by atoms with Crippen LogP contribution in [-0.2, 0) is 0 Å². The summed E-state index contributed by atoms with van der Waals surface area (Å²) < 4.78 is 17.9. The van der Waals surface area contributed by atoms with Crippen molar-refractivity contribution in [1.82, 2.24) is 10.1 Å². The van der Waals surface area contributed by atoms with Crippen LogP contribution in [-0.4, -0.2) is 23.4 Å². The molecule has 2 N–H and O–H groups in total. The van der Waals surface area contributed by atoms with Gasteiger partial charge in [-0.3, -0.25) is 0 Å². The number of fused-ring (bicyclic) bond motifs is 2. The maximum Gasteiger partial charge on any atom is 0.181 e. The van der Waals surface area contributed by atoms with Crippen molar-refractivity contribution in [2.24, 2.45) is 0 Å². The van der Waals surface area contributed by atoms with Gasteiger partial charge in [-0.25, -0.2) is 4.98 Å². The van der Waals surface area contributed by atoms with Gasteiger partial charge in [-0.1, -0.05) is 16.5 Å². The topological polar surface area (TPSA) is 83.4 Å². The summed E-state index contributed by atoms with van der Waals surface area (Å²) in [5.41, 5.74) is 8.30. The van der Waals surface area contributed by atoms with Crippen LogP contribution in [0, 0.1) is 6.92 Å². The molecule has 0 atom stereocenters. The summed E-state index contributed by atoms with van der Waals surface area (Å²) in [4.78, 5) is 4.24. The molecular formula is C20H21N3O3S. The number of thiazole rings is 1. The van der Waals surface area contributed by atoms with Crippen LogP contribution in [0.25, 0.3) is 21.2 Å².